The molecule has 5 heteroatoms. The van der Waals surface area contributed by atoms with Gasteiger partial charge in [0.25, 0.3) is 0 Å². The summed E-state index contributed by atoms with van der Waals surface area (Å²) in [4.78, 5) is 22.6. The van der Waals surface area contributed by atoms with Gasteiger partial charge < -0.3 is 15.7 Å². The molecule has 0 heterocycles. The van der Waals surface area contributed by atoms with Crippen LogP contribution in [0.5, 0.6) is 0 Å². The molecule has 0 bridgehead atoms. The maximum atomic E-state index is 11.6. The maximum Gasteiger partial charge on any atom is 0.239 e. The lowest BCUT2D eigenvalue weighted by atomic mass is 10.0. The molecule has 5 nitrogen and oxygen atoms in total. The molecule has 0 aliphatic heterocycles. The van der Waals surface area contributed by atoms with Crippen LogP contribution in [0.15, 0.2) is 30.3 Å². The van der Waals surface area contributed by atoms with E-state index in [2.05, 4.69) is 10.6 Å². The summed E-state index contributed by atoms with van der Waals surface area (Å²) in [5, 5.41) is 15.3. The molecule has 0 aromatic heterocycles. The third kappa shape index (κ3) is 5.84. The third-order valence-electron chi connectivity index (χ3n) is 2.94. The van der Waals surface area contributed by atoms with Gasteiger partial charge in [-0.2, -0.15) is 0 Å². The van der Waals surface area contributed by atoms with Crippen molar-refractivity contribution in [3.8, 4) is 0 Å². The zero-order valence-electron chi connectivity index (χ0n) is 11.9. The number of hydrogen-bond acceptors (Lipinski definition) is 3. The molecule has 1 rings (SSSR count). The zero-order valence-corrected chi connectivity index (χ0v) is 11.9. The van der Waals surface area contributed by atoms with Crippen LogP contribution >= 0.6 is 0 Å². The van der Waals surface area contributed by atoms with Gasteiger partial charge in [0.05, 0.1) is 12.6 Å². The Bertz CT molecular complexity index is 434. The highest BCUT2D eigenvalue weighted by Crippen LogP contribution is 2.17. The van der Waals surface area contributed by atoms with E-state index in [1.807, 2.05) is 37.3 Å². The van der Waals surface area contributed by atoms with Gasteiger partial charge in [-0.25, -0.2) is 0 Å². The minimum atomic E-state index is -0.614. The minimum absolute atomic E-state index is 0.0293. The fourth-order valence-corrected chi connectivity index (χ4v) is 1.83. The van der Waals surface area contributed by atoms with Crippen LogP contribution < -0.4 is 10.6 Å². The van der Waals surface area contributed by atoms with Gasteiger partial charge in [0.2, 0.25) is 11.8 Å². The largest absolute Gasteiger partial charge is 0.388 e. The number of aliphatic hydroxyl groups is 1. The van der Waals surface area contributed by atoms with E-state index in [-0.39, 0.29) is 24.4 Å². The lowest BCUT2D eigenvalue weighted by Crippen LogP contribution is -2.41. The van der Waals surface area contributed by atoms with Gasteiger partial charge in [0, 0.05) is 12.5 Å². The number of carbonyl (C=O) groups excluding carboxylic acids is 2. The predicted octanol–water partition coefficient (Wildman–Crippen LogP) is 1.14. The van der Waals surface area contributed by atoms with E-state index >= 15 is 0 Å². The van der Waals surface area contributed by atoms with E-state index < -0.39 is 6.10 Å². The van der Waals surface area contributed by atoms with E-state index in [9.17, 15) is 14.7 Å². The SMILES string of the molecule is CCC(=O)NCC(=O)NC(C)CC(O)c1ccccc1. The molecule has 0 radical (unpaired) electrons. The van der Waals surface area contributed by atoms with Crippen LogP contribution in [0.3, 0.4) is 0 Å². The van der Waals surface area contributed by atoms with Gasteiger partial charge in [-0.15, -0.1) is 0 Å². The summed E-state index contributed by atoms with van der Waals surface area (Å²) in [5.74, 6) is -0.406. The van der Waals surface area contributed by atoms with E-state index in [0.717, 1.165) is 5.56 Å². The smallest absolute Gasteiger partial charge is 0.239 e. The molecule has 1 aromatic rings. The molecule has 1 aromatic carbocycles. The summed E-state index contributed by atoms with van der Waals surface area (Å²) >= 11 is 0. The predicted molar refractivity (Wildman–Crippen MR) is 76.9 cm³/mol. The molecule has 20 heavy (non-hydrogen) atoms. The molecule has 0 spiro atoms. The number of nitrogens with one attached hydrogen (secondary N) is 2. The number of amides is 2. The average molecular weight is 278 g/mol. The summed E-state index contributed by atoms with van der Waals surface area (Å²) < 4.78 is 0. The monoisotopic (exact) mass is 278 g/mol. The van der Waals surface area contributed by atoms with Crippen molar-refractivity contribution in [1.29, 1.82) is 0 Å². The molecule has 0 aliphatic carbocycles. The number of carbonyl (C=O) groups is 2. The Kier molecular flexibility index (Phi) is 6.73. The van der Waals surface area contributed by atoms with Crippen molar-refractivity contribution in [1.82, 2.24) is 10.6 Å². The molecule has 0 saturated carbocycles. The zero-order chi connectivity index (χ0) is 15.0. The highest BCUT2D eigenvalue weighted by Gasteiger charge is 2.14. The van der Waals surface area contributed by atoms with Crippen LogP contribution in [0.4, 0.5) is 0 Å². The first-order valence-electron chi connectivity index (χ1n) is 6.82. The Morgan fingerprint density at radius 1 is 1.20 bits per heavy atom. The van der Waals surface area contributed by atoms with Crippen molar-refractivity contribution in [3.05, 3.63) is 35.9 Å². The first-order valence-corrected chi connectivity index (χ1v) is 6.82. The van der Waals surface area contributed by atoms with Gasteiger partial charge in [0.1, 0.15) is 0 Å². The summed E-state index contributed by atoms with van der Waals surface area (Å²) in [6, 6.07) is 9.14. The number of hydrogen-bond donors (Lipinski definition) is 3. The van der Waals surface area contributed by atoms with E-state index in [1.165, 1.54) is 0 Å². The van der Waals surface area contributed by atoms with Crippen molar-refractivity contribution < 1.29 is 14.7 Å². The molecular formula is C15H22N2O3. The fourth-order valence-electron chi connectivity index (χ4n) is 1.83. The molecule has 110 valence electrons. The second kappa shape index (κ2) is 8.32. The molecule has 0 fully saturated rings. The van der Waals surface area contributed by atoms with Gasteiger partial charge >= 0.3 is 0 Å². The molecule has 2 amide bonds. The van der Waals surface area contributed by atoms with Gasteiger partial charge in [-0.1, -0.05) is 37.3 Å². The van der Waals surface area contributed by atoms with E-state index in [4.69, 9.17) is 0 Å². The average Bonchev–Trinajstić information content (AvgIpc) is 2.45. The Morgan fingerprint density at radius 2 is 1.85 bits per heavy atom. The Labute approximate surface area is 119 Å². The molecule has 0 aliphatic rings. The van der Waals surface area contributed by atoms with Gasteiger partial charge in [-0.05, 0) is 18.9 Å². The Morgan fingerprint density at radius 3 is 2.45 bits per heavy atom. The molecular weight excluding hydrogens is 256 g/mol. The van der Waals surface area contributed by atoms with E-state index in [0.29, 0.717) is 12.8 Å². The first-order chi connectivity index (χ1) is 9.52. The summed E-state index contributed by atoms with van der Waals surface area (Å²) in [7, 11) is 0. The van der Waals surface area contributed by atoms with Crippen LogP contribution in [-0.4, -0.2) is 29.5 Å². The van der Waals surface area contributed by atoms with Crippen LogP contribution in [0.1, 0.15) is 38.4 Å². The molecule has 2 atom stereocenters. The normalized spacial score (nSPS) is 13.3. The number of aliphatic hydroxyl groups excluding tert-OH is 1. The van der Waals surface area contributed by atoms with Crippen molar-refractivity contribution in [2.45, 2.75) is 38.8 Å². The second-order valence-electron chi connectivity index (χ2n) is 4.76. The summed E-state index contributed by atoms with van der Waals surface area (Å²) in [5.41, 5.74) is 0.827. The topological polar surface area (TPSA) is 78.4 Å². The molecule has 3 N–H and O–H groups in total. The highest BCUT2D eigenvalue weighted by atomic mass is 16.3. The van der Waals surface area contributed by atoms with E-state index in [1.54, 1.807) is 6.92 Å². The maximum absolute atomic E-state index is 11.6. The standard InChI is InChI=1S/C15H22N2O3/c1-3-14(19)16-10-15(20)17-11(2)9-13(18)12-7-5-4-6-8-12/h4-8,11,13,18H,3,9-10H2,1-2H3,(H,16,19)(H,17,20). The Hall–Kier alpha value is -1.88. The van der Waals surface area contributed by atoms with Crippen LogP contribution in [0.2, 0.25) is 0 Å². The van der Waals surface area contributed by atoms with Crippen molar-refractivity contribution in [2.24, 2.45) is 0 Å². The van der Waals surface area contributed by atoms with Crippen LogP contribution in [0, 0.1) is 0 Å². The van der Waals surface area contributed by atoms with Crippen LogP contribution in [0.25, 0.3) is 0 Å². The molecule has 0 saturated heterocycles. The number of rotatable bonds is 7. The quantitative estimate of drug-likeness (QED) is 0.700. The lowest BCUT2D eigenvalue weighted by Gasteiger charge is -2.18. The van der Waals surface area contributed by atoms with Gasteiger partial charge in [-0.3, -0.25) is 9.59 Å². The van der Waals surface area contributed by atoms with Crippen molar-refractivity contribution in [2.75, 3.05) is 6.54 Å². The van der Waals surface area contributed by atoms with Crippen LogP contribution in [-0.2, 0) is 9.59 Å². The fraction of sp³-hybridized carbons (Fsp3) is 0.467. The number of benzene rings is 1. The van der Waals surface area contributed by atoms with Crippen molar-refractivity contribution >= 4 is 11.8 Å². The highest BCUT2D eigenvalue weighted by molar-refractivity contribution is 5.84. The molecule has 2 unspecified atom stereocenters. The minimum Gasteiger partial charge on any atom is -0.388 e. The summed E-state index contributed by atoms with van der Waals surface area (Å²) in [6.45, 7) is 3.52. The Balaban J connectivity index is 2.34. The first kappa shape index (κ1) is 16.2. The summed E-state index contributed by atoms with van der Waals surface area (Å²) in [6.07, 6.45) is 0.171. The third-order valence-corrected chi connectivity index (χ3v) is 2.94. The second-order valence-corrected chi connectivity index (χ2v) is 4.76. The van der Waals surface area contributed by atoms with Crippen molar-refractivity contribution in [3.63, 3.8) is 0 Å². The van der Waals surface area contributed by atoms with Gasteiger partial charge in [0.15, 0.2) is 0 Å². The lowest BCUT2D eigenvalue weighted by molar-refractivity contribution is -0.126.